The largest absolute Gasteiger partial charge is 0.377 e. The highest BCUT2D eigenvalue weighted by Crippen LogP contribution is 2.26. The predicted octanol–water partition coefficient (Wildman–Crippen LogP) is 0.919. The molecule has 0 bridgehead atoms. The van der Waals surface area contributed by atoms with Gasteiger partial charge in [0, 0.05) is 42.5 Å². The number of thiophene rings is 1. The molecule has 0 radical (unpaired) electrons. The lowest BCUT2D eigenvalue weighted by molar-refractivity contribution is -0.139. The fraction of sp³-hybridized carbons (Fsp3) is 0.733. The molecule has 2 fully saturated rings. The Morgan fingerprint density at radius 1 is 1.26 bits per heavy atom. The second-order valence-corrected chi connectivity index (χ2v) is 9.76. The summed E-state index contributed by atoms with van der Waals surface area (Å²) in [5, 5.41) is 0. The third-order valence-electron chi connectivity index (χ3n) is 4.29. The molecule has 0 saturated carbocycles. The highest BCUT2D eigenvalue weighted by atomic mass is 32.2. The Balaban J connectivity index is 1.72. The fourth-order valence-electron chi connectivity index (χ4n) is 3.19. The number of nitrogens with zero attached hydrogens (tertiary/aromatic N) is 2. The van der Waals surface area contributed by atoms with Gasteiger partial charge < -0.3 is 9.47 Å². The highest BCUT2D eigenvalue weighted by molar-refractivity contribution is 7.88. The van der Waals surface area contributed by atoms with Gasteiger partial charge in [0.25, 0.3) is 0 Å². The summed E-state index contributed by atoms with van der Waals surface area (Å²) in [4.78, 5) is 4.97. The fourth-order valence-corrected chi connectivity index (χ4v) is 4.99. The van der Waals surface area contributed by atoms with E-state index in [1.54, 1.807) is 11.3 Å². The van der Waals surface area contributed by atoms with Crippen molar-refractivity contribution in [1.82, 2.24) is 9.21 Å². The van der Waals surface area contributed by atoms with Gasteiger partial charge >= 0.3 is 0 Å². The minimum atomic E-state index is -3.24. The summed E-state index contributed by atoms with van der Waals surface area (Å²) in [5.41, 5.74) is -0.565. The molecule has 23 heavy (non-hydrogen) atoms. The van der Waals surface area contributed by atoms with Crippen LogP contribution in [0.4, 0.5) is 0 Å². The molecule has 2 saturated heterocycles. The molecule has 6 nitrogen and oxygen atoms in total. The van der Waals surface area contributed by atoms with Crippen LogP contribution in [-0.4, -0.2) is 75.5 Å². The molecule has 1 spiro atoms. The zero-order valence-electron chi connectivity index (χ0n) is 13.7. The number of hydrogen-bond acceptors (Lipinski definition) is 6. The van der Waals surface area contributed by atoms with Gasteiger partial charge in [-0.1, -0.05) is 0 Å². The van der Waals surface area contributed by atoms with Crippen molar-refractivity contribution >= 4 is 21.4 Å². The molecule has 2 aliphatic rings. The van der Waals surface area contributed by atoms with Gasteiger partial charge in [-0.05, 0) is 19.1 Å². The van der Waals surface area contributed by atoms with Crippen LogP contribution in [0.3, 0.4) is 0 Å². The summed E-state index contributed by atoms with van der Waals surface area (Å²) >= 11 is 1.81. The summed E-state index contributed by atoms with van der Waals surface area (Å²) < 4.78 is 37.0. The van der Waals surface area contributed by atoms with Crippen molar-refractivity contribution in [2.24, 2.45) is 0 Å². The molecule has 8 heteroatoms. The van der Waals surface area contributed by atoms with Crippen molar-refractivity contribution in [2.45, 2.75) is 19.1 Å². The minimum absolute atomic E-state index is 0.367. The maximum absolute atomic E-state index is 11.9. The van der Waals surface area contributed by atoms with Crippen LogP contribution >= 0.6 is 11.3 Å². The number of ether oxygens (including phenoxy) is 2. The van der Waals surface area contributed by atoms with Crippen molar-refractivity contribution in [3.63, 3.8) is 0 Å². The third-order valence-corrected chi connectivity index (χ3v) is 6.52. The molecule has 0 aromatic carbocycles. The average Bonchev–Trinajstić information content (AvgIpc) is 2.75. The van der Waals surface area contributed by atoms with Crippen LogP contribution in [-0.2, 0) is 26.0 Å². The van der Waals surface area contributed by atoms with Gasteiger partial charge in [0.05, 0.1) is 26.1 Å². The molecule has 1 aromatic rings. The second-order valence-electron chi connectivity index (χ2n) is 6.40. The topological polar surface area (TPSA) is 59.1 Å². The van der Waals surface area contributed by atoms with E-state index in [-0.39, 0.29) is 0 Å². The van der Waals surface area contributed by atoms with Crippen LogP contribution in [0.25, 0.3) is 0 Å². The monoisotopic (exact) mass is 360 g/mol. The third kappa shape index (κ3) is 4.32. The maximum atomic E-state index is 11.9. The van der Waals surface area contributed by atoms with Gasteiger partial charge in [0.15, 0.2) is 0 Å². The molecule has 0 aliphatic carbocycles. The number of sulfonamides is 1. The van der Waals surface area contributed by atoms with Crippen LogP contribution in [0.15, 0.2) is 12.1 Å². The maximum Gasteiger partial charge on any atom is 0.211 e. The zero-order chi connectivity index (χ0) is 16.5. The average molecular weight is 361 g/mol. The molecule has 0 amide bonds. The molecular weight excluding hydrogens is 336 g/mol. The van der Waals surface area contributed by atoms with E-state index >= 15 is 0 Å². The zero-order valence-corrected chi connectivity index (χ0v) is 15.3. The standard InChI is InChI=1S/C15H24N2O4S2/c1-13-3-4-14(22-13)9-16-5-8-21-15(10-16)11-17(23(2,18)19)6-7-20-12-15/h3-4H,5-12H2,1-2H3/t15-/m0/s1. The Morgan fingerprint density at radius 3 is 2.78 bits per heavy atom. The van der Waals surface area contributed by atoms with E-state index in [0.29, 0.717) is 39.5 Å². The number of aryl methyl sites for hydroxylation is 1. The van der Waals surface area contributed by atoms with Gasteiger partial charge in [-0.2, -0.15) is 4.31 Å². The van der Waals surface area contributed by atoms with E-state index in [2.05, 4.69) is 24.0 Å². The van der Waals surface area contributed by atoms with Crippen molar-refractivity contribution < 1.29 is 17.9 Å². The lowest BCUT2D eigenvalue weighted by Crippen LogP contribution is -2.58. The van der Waals surface area contributed by atoms with Crippen LogP contribution in [0.2, 0.25) is 0 Å². The Kier molecular flexibility index (Phi) is 5.10. The van der Waals surface area contributed by atoms with Gasteiger partial charge in [-0.15, -0.1) is 11.3 Å². The molecule has 3 rings (SSSR count). The highest BCUT2D eigenvalue weighted by Gasteiger charge is 2.42. The first-order chi connectivity index (χ1) is 10.9. The van der Waals surface area contributed by atoms with Gasteiger partial charge in [0.2, 0.25) is 10.0 Å². The molecule has 0 N–H and O–H groups in total. The first-order valence-corrected chi connectivity index (χ1v) is 10.5. The predicted molar refractivity (Wildman–Crippen MR) is 90.3 cm³/mol. The van der Waals surface area contributed by atoms with Gasteiger partial charge in [-0.25, -0.2) is 8.42 Å². The van der Waals surface area contributed by atoms with Crippen molar-refractivity contribution in [1.29, 1.82) is 0 Å². The Labute approximate surface area is 142 Å². The number of hydrogen-bond donors (Lipinski definition) is 0. The molecule has 1 aromatic heterocycles. The van der Waals surface area contributed by atoms with E-state index in [0.717, 1.165) is 13.1 Å². The Hall–Kier alpha value is -0.510. The minimum Gasteiger partial charge on any atom is -0.377 e. The second kappa shape index (κ2) is 6.78. The summed E-state index contributed by atoms with van der Waals surface area (Å²) in [5.74, 6) is 0. The SMILES string of the molecule is Cc1ccc(CN2CCO[C@@]3(COCCN(S(C)(=O)=O)C3)C2)s1. The van der Waals surface area contributed by atoms with Crippen LogP contribution in [0, 0.1) is 6.92 Å². The normalized spacial score (nSPS) is 28.1. The van der Waals surface area contributed by atoms with E-state index < -0.39 is 15.6 Å². The van der Waals surface area contributed by atoms with E-state index in [9.17, 15) is 8.42 Å². The first-order valence-electron chi connectivity index (χ1n) is 7.81. The Morgan fingerprint density at radius 2 is 2.09 bits per heavy atom. The van der Waals surface area contributed by atoms with E-state index in [1.807, 2.05) is 0 Å². The molecule has 2 aliphatic heterocycles. The van der Waals surface area contributed by atoms with Crippen molar-refractivity contribution in [3.8, 4) is 0 Å². The van der Waals surface area contributed by atoms with Gasteiger partial charge in [-0.3, -0.25) is 4.90 Å². The summed E-state index contributed by atoms with van der Waals surface area (Å²) in [6.45, 7) is 6.76. The lowest BCUT2D eigenvalue weighted by atomic mass is 10.0. The van der Waals surface area contributed by atoms with E-state index in [1.165, 1.54) is 20.3 Å². The molecular formula is C15H24N2O4S2. The number of morpholine rings is 1. The molecule has 130 valence electrons. The lowest BCUT2D eigenvalue weighted by Gasteiger charge is -2.42. The number of rotatable bonds is 3. The summed E-state index contributed by atoms with van der Waals surface area (Å²) in [7, 11) is -3.24. The van der Waals surface area contributed by atoms with Crippen molar-refractivity contribution in [3.05, 3.63) is 21.9 Å². The summed E-state index contributed by atoms with van der Waals surface area (Å²) in [6.07, 6.45) is 1.25. The smallest absolute Gasteiger partial charge is 0.211 e. The Bertz CT molecular complexity index is 646. The van der Waals surface area contributed by atoms with Crippen LogP contribution in [0.1, 0.15) is 9.75 Å². The molecule has 0 unspecified atom stereocenters. The quantitative estimate of drug-likeness (QED) is 0.802. The summed E-state index contributed by atoms with van der Waals surface area (Å²) in [6, 6.07) is 4.30. The van der Waals surface area contributed by atoms with E-state index in [4.69, 9.17) is 9.47 Å². The molecule has 3 heterocycles. The van der Waals surface area contributed by atoms with Gasteiger partial charge in [0.1, 0.15) is 5.60 Å². The molecule has 1 atom stereocenters. The van der Waals surface area contributed by atoms with Crippen LogP contribution in [0.5, 0.6) is 0 Å². The first kappa shape index (κ1) is 17.3. The van der Waals surface area contributed by atoms with Crippen molar-refractivity contribution in [2.75, 3.05) is 52.3 Å². The van der Waals surface area contributed by atoms with Crippen LogP contribution < -0.4 is 0 Å².